The molecule has 1 nitrogen and oxygen atoms in total. The van der Waals surface area contributed by atoms with Crippen molar-refractivity contribution in [2.75, 3.05) is 12.4 Å². The molecule has 72 valence electrons. The summed E-state index contributed by atoms with van der Waals surface area (Å²) < 4.78 is 40.0. The number of halogens is 3. The summed E-state index contributed by atoms with van der Waals surface area (Å²) in [5.41, 5.74) is 0.537. The van der Waals surface area contributed by atoms with E-state index in [0.29, 0.717) is 11.3 Å². The lowest BCUT2D eigenvalue weighted by molar-refractivity contribution is -0.211. The molecule has 0 bridgehead atoms. The zero-order valence-electron chi connectivity index (χ0n) is 6.69. The Morgan fingerprint density at radius 2 is 2.08 bits per heavy atom. The van der Waals surface area contributed by atoms with Gasteiger partial charge in [0.1, 0.15) is 0 Å². The van der Waals surface area contributed by atoms with Crippen LogP contribution in [0.15, 0.2) is 12.2 Å². The second-order valence-corrected chi connectivity index (χ2v) is 2.72. The van der Waals surface area contributed by atoms with Crippen LogP contribution in [0, 0.1) is 0 Å². The van der Waals surface area contributed by atoms with Gasteiger partial charge in [0.25, 0.3) is 0 Å². The summed E-state index contributed by atoms with van der Waals surface area (Å²) in [6.45, 7) is 4.33. The summed E-state index contributed by atoms with van der Waals surface area (Å²) in [6.07, 6.45) is -6.04. The summed E-state index contributed by atoms with van der Waals surface area (Å²) in [5, 5.41) is 0. The highest BCUT2D eigenvalue weighted by atomic mass is 32.1. The van der Waals surface area contributed by atoms with Crippen LogP contribution in [0.1, 0.15) is 6.92 Å². The van der Waals surface area contributed by atoms with Crippen molar-refractivity contribution in [1.82, 2.24) is 0 Å². The van der Waals surface area contributed by atoms with Gasteiger partial charge in [-0.15, -0.1) is 0 Å². The first-order valence-electron chi connectivity index (χ1n) is 3.33. The lowest BCUT2D eigenvalue weighted by atomic mass is 10.3. The quantitative estimate of drug-likeness (QED) is 0.541. The van der Waals surface area contributed by atoms with Crippen molar-refractivity contribution in [2.45, 2.75) is 19.2 Å². The minimum Gasteiger partial charge on any atom is -0.365 e. The van der Waals surface area contributed by atoms with Gasteiger partial charge in [-0.1, -0.05) is 6.58 Å². The van der Waals surface area contributed by atoms with Crippen molar-refractivity contribution in [3.8, 4) is 0 Å². The summed E-state index contributed by atoms with van der Waals surface area (Å²) >= 11 is 3.83. The molecular weight excluding hydrogens is 189 g/mol. The smallest absolute Gasteiger partial charge is 0.365 e. The van der Waals surface area contributed by atoms with E-state index in [-0.39, 0.29) is 6.61 Å². The van der Waals surface area contributed by atoms with Crippen LogP contribution in [0.2, 0.25) is 0 Å². The van der Waals surface area contributed by atoms with Crippen LogP contribution in [-0.2, 0) is 4.74 Å². The molecule has 0 aromatic rings. The van der Waals surface area contributed by atoms with E-state index in [4.69, 9.17) is 0 Å². The number of ether oxygens (including phenoxy) is 1. The molecule has 0 radical (unpaired) electrons. The van der Waals surface area contributed by atoms with E-state index in [2.05, 4.69) is 23.9 Å². The van der Waals surface area contributed by atoms with E-state index < -0.39 is 12.3 Å². The third-order valence-electron chi connectivity index (χ3n) is 1.22. The maximum Gasteiger partial charge on any atom is 0.414 e. The molecule has 0 spiro atoms. The SMILES string of the molecule is C=C(CS)COC(C)C(F)(F)F. The van der Waals surface area contributed by atoms with Crippen LogP contribution in [0.4, 0.5) is 13.2 Å². The fourth-order valence-electron chi connectivity index (χ4n) is 0.383. The van der Waals surface area contributed by atoms with E-state index in [9.17, 15) is 13.2 Å². The van der Waals surface area contributed by atoms with Gasteiger partial charge in [-0.25, -0.2) is 0 Å². The summed E-state index contributed by atoms with van der Waals surface area (Å²) in [5.74, 6) is 0.338. The lowest BCUT2D eigenvalue weighted by Crippen LogP contribution is -2.29. The first-order valence-corrected chi connectivity index (χ1v) is 3.97. The van der Waals surface area contributed by atoms with Gasteiger partial charge in [-0.05, 0) is 12.5 Å². The first kappa shape index (κ1) is 11.8. The summed E-state index contributed by atoms with van der Waals surface area (Å²) in [4.78, 5) is 0. The zero-order chi connectivity index (χ0) is 9.78. The molecule has 0 heterocycles. The fourth-order valence-corrected chi connectivity index (χ4v) is 0.474. The minimum atomic E-state index is -4.29. The molecule has 0 amide bonds. The average Bonchev–Trinajstić information content (AvgIpc) is 1.97. The molecule has 0 aliphatic heterocycles. The fraction of sp³-hybridized carbons (Fsp3) is 0.714. The maximum absolute atomic E-state index is 11.8. The van der Waals surface area contributed by atoms with Gasteiger partial charge in [0, 0.05) is 5.75 Å². The van der Waals surface area contributed by atoms with Crippen molar-refractivity contribution >= 4 is 12.6 Å². The van der Waals surface area contributed by atoms with Crippen LogP contribution in [-0.4, -0.2) is 24.6 Å². The van der Waals surface area contributed by atoms with E-state index in [1.165, 1.54) is 0 Å². The third kappa shape index (κ3) is 4.66. The molecule has 0 saturated carbocycles. The molecular formula is C7H11F3OS. The van der Waals surface area contributed by atoms with Crippen LogP contribution in [0.3, 0.4) is 0 Å². The Bertz CT molecular complexity index is 155. The molecule has 0 saturated heterocycles. The first-order chi connectivity index (χ1) is 5.38. The third-order valence-corrected chi connectivity index (χ3v) is 1.67. The summed E-state index contributed by atoms with van der Waals surface area (Å²) in [6, 6.07) is 0. The number of rotatable bonds is 4. The van der Waals surface area contributed by atoms with Crippen LogP contribution in [0.5, 0.6) is 0 Å². The Labute approximate surface area is 75.0 Å². The molecule has 0 N–H and O–H groups in total. The van der Waals surface area contributed by atoms with Gasteiger partial charge in [0.2, 0.25) is 0 Å². The Kier molecular flexibility index (Phi) is 4.70. The van der Waals surface area contributed by atoms with Gasteiger partial charge in [-0.3, -0.25) is 0 Å². The van der Waals surface area contributed by atoms with Crippen molar-refractivity contribution < 1.29 is 17.9 Å². The van der Waals surface area contributed by atoms with E-state index >= 15 is 0 Å². The van der Waals surface area contributed by atoms with E-state index in [1.807, 2.05) is 0 Å². The molecule has 5 heteroatoms. The molecule has 0 aliphatic carbocycles. The number of alkyl halides is 3. The van der Waals surface area contributed by atoms with Gasteiger partial charge in [0.05, 0.1) is 6.61 Å². The van der Waals surface area contributed by atoms with Crippen LogP contribution < -0.4 is 0 Å². The molecule has 0 aliphatic rings. The largest absolute Gasteiger partial charge is 0.414 e. The molecule has 0 aromatic carbocycles. The minimum absolute atomic E-state index is 0.0931. The van der Waals surface area contributed by atoms with Crippen LogP contribution >= 0.6 is 12.6 Å². The van der Waals surface area contributed by atoms with Crippen molar-refractivity contribution in [1.29, 1.82) is 0 Å². The Hall–Kier alpha value is -0.160. The topological polar surface area (TPSA) is 9.23 Å². The van der Waals surface area contributed by atoms with Gasteiger partial charge < -0.3 is 4.74 Å². The van der Waals surface area contributed by atoms with Crippen molar-refractivity contribution in [2.24, 2.45) is 0 Å². The van der Waals surface area contributed by atoms with Gasteiger partial charge >= 0.3 is 6.18 Å². The van der Waals surface area contributed by atoms with Crippen molar-refractivity contribution in [3.63, 3.8) is 0 Å². The number of hydrogen-bond acceptors (Lipinski definition) is 2. The van der Waals surface area contributed by atoms with Gasteiger partial charge in [0.15, 0.2) is 6.10 Å². The van der Waals surface area contributed by atoms with E-state index in [0.717, 1.165) is 6.92 Å². The van der Waals surface area contributed by atoms with E-state index in [1.54, 1.807) is 0 Å². The summed E-state index contributed by atoms with van der Waals surface area (Å²) in [7, 11) is 0. The Morgan fingerprint density at radius 3 is 2.42 bits per heavy atom. The maximum atomic E-state index is 11.8. The monoisotopic (exact) mass is 200 g/mol. The zero-order valence-corrected chi connectivity index (χ0v) is 7.58. The second-order valence-electron chi connectivity index (χ2n) is 2.40. The van der Waals surface area contributed by atoms with Crippen LogP contribution in [0.25, 0.3) is 0 Å². The highest BCUT2D eigenvalue weighted by molar-refractivity contribution is 7.80. The molecule has 1 atom stereocenters. The van der Waals surface area contributed by atoms with Gasteiger partial charge in [-0.2, -0.15) is 25.8 Å². The van der Waals surface area contributed by atoms with Crippen molar-refractivity contribution in [3.05, 3.63) is 12.2 Å². The number of hydrogen-bond donors (Lipinski definition) is 1. The average molecular weight is 200 g/mol. The highest BCUT2D eigenvalue weighted by Gasteiger charge is 2.36. The standard InChI is InChI=1S/C7H11F3OS/c1-5(4-12)3-11-6(2)7(8,9)10/h6,12H,1,3-4H2,2H3. The predicted molar refractivity (Wildman–Crippen MR) is 44.5 cm³/mol. The molecule has 0 rings (SSSR count). The predicted octanol–water partition coefficient (Wildman–Crippen LogP) is 2.44. The lowest BCUT2D eigenvalue weighted by Gasteiger charge is -2.16. The highest BCUT2D eigenvalue weighted by Crippen LogP contribution is 2.22. The number of thiol groups is 1. The Morgan fingerprint density at radius 1 is 1.58 bits per heavy atom. The molecule has 12 heavy (non-hydrogen) atoms. The molecule has 0 fully saturated rings. The Balaban J connectivity index is 3.72. The molecule has 0 aromatic heterocycles. The normalized spacial score (nSPS) is 14.4. The molecule has 1 unspecified atom stereocenters. The second kappa shape index (κ2) is 4.77.